The summed E-state index contributed by atoms with van der Waals surface area (Å²) in [6.07, 6.45) is 2.03. The predicted octanol–water partition coefficient (Wildman–Crippen LogP) is 0.613. The standard InChI is InChI=1S/C9H17NO/c1-6-7-2-9(11)3-8(6)5-10-4-7/h6-11H,2-5H2,1H3. The summed E-state index contributed by atoms with van der Waals surface area (Å²) in [6, 6.07) is 0. The second-order valence-electron chi connectivity index (χ2n) is 4.16. The van der Waals surface area contributed by atoms with E-state index in [1.165, 1.54) is 0 Å². The monoisotopic (exact) mass is 155 g/mol. The maximum absolute atomic E-state index is 9.50. The molecule has 0 aromatic heterocycles. The van der Waals surface area contributed by atoms with Crippen molar-refractivity contribution in [1.82, 2.24) is 5.32 Å². The summed E-state index contributed by atoms with van der Waals surface area (Å²) >= 11 is 0. The fourth-order valence-electron chi connectivity index (χ4n) is 2.60. The summed E-state index contributed by atoms with van der Waals surface area (Å²) in [5.41, 5.74) is 0. The molecule has 0 aromatic rings. The molecule has 1 aliphatic carbocycles. The Morgan fingerprint density at radius 3 is 2.27 bits per heavy atom. The normalized spacial score (nSPS) is 50.7. The summed E-state index contributed by atoms with van der Waals surface area (Å²) in [5, 5.41) is 12.9. The Labute approximate surface area is 68.0 Å². The molecule has 0 aromatic carbocycles. The van der Waals surface area contributed by atoms with Gasteiger partial charge in [0.05, 0.1) is 6.10 Å². The molecule has 2 N–H and O–H groups in total. The van der Waals surface area contributed by atoms with Crippen molar-refractivity contribution in [3.63, 3.8) is 0 Å². The number of aliphatic hydroxyl groups excluding tert-OH is 1. The van der Waals surface area contributed by atoms with Gasteiger partial charge < -0.3 is 10.4 Å². The van der Waals surface area contributed by atoms with Crippen LogP contribution in [0.4, 0.5) is 0 Å². The zero-order chi connectivity index (χ0) is 7.84. The third-order valence-corrected chi connectivity index (χ3v) is 3.45. The van der Waals surface area contributed by atoms with E-state index < -0.39 is 0 Å². The van der Waals surface area contributed by atoms with E-state index in [0.29, 0.717) is 0 Å². The molecule has 1 heterocycles. The van der Waals surface area contributed by atoms with Crippen molar-refractivity contribution < 1.29 is 5.11 Å². The highest BCUT2D eigenvalue weighted by molar-refractivity contribution is 4.89. The smallest absolute Gasteiger partial charge is 0.0546 e. The first-order valence-electron chi connectivity index (χ1n) is 4.66. The largest absolute Gasteiger partial charge is 0.393 e. The molecule has 0 spiro atoms. The zero-order valence-electron chi connectivity index (χ0n) is 7.09. The molecule has 2 atom stereocenters. The van der Waals surface area contributed by atoms with Crippen LogP contribution < -0.4 is 5.32 Å². The number of rotatable bonds is 0. The Balaban J connectivity index is 2.07. The van der Waals surface area contributed by atoms with E-state index in [4.69, 9.17) is 0 Å². The minimum Gasteiger partial charge on any atom is -0.393 e. The number of hydrogen-bond donors (Lipinski definition) is 2. The summed E-state index contributed by atoms with van der Waals surface area (Å²) in [6.45, 7) is 4.57. The molecule has 1 saturated heterocycles. The molecule has 1 saturated carbocycles. The van der Waals surface area contributed by atoms with Gasteiger partial charge in [0.1, 0.15) is 0 Å². The van der Waals surface area contributed by atoms with Crippen molar-refractivity contribution >= 4 is 0 Å². The molecule has 2 bridgehead atoms. The van der Waals surface area contributed by atoms with Crippen LogP contribution in [0, 0.1) is 17.8 Å². The Morgan fingerprint density at radius 1 is 1.18 bits per heavy atom. The summed E-state index contributed by atoms with van der Waals surface area (Å²) in [7, 11) is 0. The second kappa shape index (κ2) is 2.76. The van der Waals surface area contributed by atoms with E-state index >= 15 is 0 Å². The maximum Gasteiger partial charge on any atom is 0.0546 e. The van der Waals surface area contributed by atoms with Crippen LogP contribution in [0.1, 0.15) is 19.8 Å². The van der Waals surface area contributed by atoms with Crippen LogP contribution in [0.2, 0.25) is 0 Å². The molecular formula is C9H17NO. The molecule has 11 heavy (non-hydrogen) atoms. The van der Waals surface area contributed by atoms with Crippen LogP contribution in [-0.4, -0.2) is 24.3 Å². The molecule has 0 radical (unpaired) electrons. The lowest BCUT2D eigenvalue weighted by Crippen LogP contribution is -2.48. The molecule has 2 aliphatic rings. The van der Waals surface area contributed by atoms with Crippen LogP contribution in [0.5, 0.6) is 0 Å². The van der Waals surface area contributed by atoms with Gasteiger partial charge >= 0.3 is 0 Å². The van der Waals surface area contributed by atoms with Gasteiger partial charge in [-0.3, -0.25) is 0 Å². The fourth-order valence-corrected chi connectivity index (χ4v) is 2.60. The van der Waals surface area contributed by atoms with E-state index in [2.05, 4.69) is 12.2 Å². The van der Waals surface area contributed by atoms with Gasteiger partial charge in [-0.2, -0.15) is 0 Å². The van der Waals surface area contributed by atoms with Crippen LogP contribution in [-0.2, 0) is 0 Å². The minimum atomic E-state index is -0.0108. The van der Waals surface area contributed by atoms with E-state index in [-0.39, 0.29) is 6.10 Å². The van der Waals surface area contributed by atoms with Crippen LogP contribution in [0.3, 0.4) is 0 Å². The SMILES string of the molecule is CC1C2CNCC1CC(O)C2. The predicted molar refractivity (Wildman–Crippen MR) is 44.3 cm³/mol. The van der Waals surface area contributed by atoms with E-state index in [1.54, 1.807) is 0 Å². The molecule has 2 nitrogen and oxygen atoms in total. The molecule has 2 heteroatoms. The van der Waals surface area contributed by atoms with Crippen molar-refractivity contribution in [3.8, 4) is 0 Å². The summed E-state index contributed by atoms with van der Waals surface area (Å²) < 4.78 is 0. The first-order chi connectivity index (χ1) is 5.27. The van der Waals surface area contributed by atoms with Gasteiger partial charge in [0, 0.05) is 0 Å². The van der Waals surface area contributed by atoms with Crippen LogP contribution in [0.15, 0.2) is 0 Å². The van der Waals surface area contributed by atoms with Gasteiger partial charge in [0.2, 0.25) is 0 Å². The molecule has 0 amide bonds. The third kappa shape index (κ3) is 1.30. The highest BCUT2D eigenvalue weighted by Crippen LogP contribution is 2.36. The quantitative estimate of drug-likeness (QED) is 0.537. The van der Waals surface area contributed by atoms with Crippen molar-refractivity contribution in [2.24, 2.45) is 17.8 Å². The highest BCUT2D eigenvalue weighted by atomic mass is 16.3. The lowest BCUT2D eigenvalue weighted by atomic mass is 9.69. The topological polar surface area (TPSA) is 32.3 Å². The lowest BCUT2D eigenvalue weighted by molar-refractivity contribution is 0.0149. The number of aliphatic hydroxyl groups is 1. The van der Waals surface area contributed by atoms with Gasteiger partial charge in [-0.05, 0) is 43.7 Å². The average molecular weight is 155 g/mol. The van der Waals surface area contributed by atoms with Gasteiger partial charge in [-0.25, -0.2) is 0 Å². The molecule has 1 aliphatic heterocycles. The van der Waals surface area contributed by atoms with E-state index in [1.807, 2.05) is 0 Å². The molecule has 64 valence electrons. The number of piperidine rings is 1. The number of hydrogen-bond acceptors (Lipinski definition) is 2. The zero-order valence-corrected chi connectivity index (χ0v) is 7.09. The fraction of sp³-hybridized carbons (Fsp3) is 1.00. The molecular weight excluding hydrogens is 138 g/mol. The van der Waals surface area contributed by atoms with E-state index in [0.717, 1.165) is 43.7 Å². The van der Waals surface area contributed by atoms with Crippen LogP contribution in [0.25, 0.3) is 0 Å². The summed E-state index contributed by atoms with van der Waals surface area (Å²) in [5.74, 6) is 2.30. The van der Waals surface area contributed by atoms with Crippen molar-refractivity contribution in [2.75, 3.05) is 13.1 Å². The van der Waals surface area contributed by atoms with Gasteiger partial charge in [0.15, 0.2) is 0 Å². The Hall–Kier alpha value is -0.0800. The van der Waals surface area contributed by atoms with Crippen molar-refractivity contribution in [1.29, 1.82) is 0 Å². The first-order valence-corrected chi connectivity index (χ1v) is 4.66. The van der Waals surface area contributed by atoms with Gasteiger partial charge in [-0.1, -0.05) is 6.92 Å². The van der Waals surface area contributed by atoms with Gasteiger partial charge in [0.25, 0.3) is 0 Å². The maximum atomic E-state index is 9.50. The second-order valence-corrected chi connectivity index (χ2v) is 4.16. The Morgan fingerprint density at radius 2 is 1.73 bits per heavy atom. The van der Waals surface area contributed by atoms with Crippen molar-refractivity contribution in [3.05, 3.63) is 0 Å². The highest BCUT2D eigenvalue weighted by Gasteiger charge is 2.36. The average Bonchev–Trinajstić information content (AvgIpc) is 1.92. The van der Waals surface area contributed by atoms with Crippen LogP contribution >= 0.6 is 0 Å². The Kier molecular flexibility index (Phi) is 1.90. The first kappa shape index (κ1) is 7.56. The Bertz CT molecular complexity index is 134. The molecule has 2 rings (SSSR count). The number of nitrogens with one attached hydrogen (secondary N) is 1. The lowest BCUT2D eigenvalue weighted by Gasteiger charge is -2.43. The van der Waals surface area contributed by atoms with Crippen molar-refractivity contribution in [2.45, 2.75) is 25.9 Å². The number of fused-ring (bicyclic) bond motifs is 2. The van der Waals surface area contributed by atoms with E-state index in [9.17, 15) is 5.11 Å². The molecule has 2 fully saturated rings. The third-order valence-electron chi connectivity index (χ3n) is 3.45. The summed E-state index contributed by atoms with van der Waals surface area (Å²) in [4.78, 5) is 0. The van der Waals surface area contributed by atoms with Gasteiger partial charge in [-0.15, -0.1) is 0 Å². The minimum absolute atomic E-state index is 0.0108. The molecule has 2 unspecified atom stereocenters.